The van der Waals surface area contributed by atoms with Crippen LogP contribution in [0, 0.1) is 11.8 Å². The number of aromatic nitrogens is 4. The smallest absolute Gasteiger partial charge is 0.176 e. The van der Waals surface area contributed by atoms with E-state index in [1.807, 2.05) is 7.05 Å². The van der Waals surface area contributed by atoms with Crippen molar-refractivity contribution in [2.45, 2.75) is 31.2 Å². The van der Waals surface area contributed by atoms with Crippen molar-refractivity contribution in [3.05, 3.63) is 41.2 Å². The summed E-state index contributed by atoms with van der Waals surface area (Å²) in [7, 11) is 3.87. The number of tetrazole rings is 1. The highest BCUT2D eigenvalue weighted by Crippen LogP contribution is 2.61. The first-order chi connectivity index (χ1) is 10.3. The average Bonchev–Trinajstić information content (AvgIpc) is 3.11. The average molecular weight is 283 g/mol. The molecule has 1 N–H and O–H groups in total. The Balaban J connectivity index is 1.54. The second-order valence-corrected chi connectivity index (χ2v) is 6.30. The Labute approximate surface area is 124 Å². The van der Waals surface area contributed by atoms with Crippen molar-refractivity contribution in [1.82, 2.24) is 25.5 Å². The lowest BCUT2D eigenvalue weighted by molar-refractivity contribution is 0.454. The van der Waals surface area contributed by atoms with Gasteiger partial charge in [0.15, 0.2) is 5.82 Å². The van der Waals surface area contributed by atoms with Crippen LogP contribution >= 0.6 is 0 Å². The molecule has 4 atom stereocenters. The van der Waals surface area contributed by atoms with Crippen LogP contribution in [0.15, 0.2) is 24.3 Å². The normalized spacial score (nSPS) is 27.8. The molecule has 0 aliphatic heterocycles. The Hall–Kier alpha value is -1.75. The summed E-state index contributed by atoms with van der Waals surface area (Å²) in [6.07, 6.45) is 3.41. The van der Waals surface area contributed by atoms with E-state index in [0.29, 0.717) is 12.0 Å². The molecular formula is C16H21N5. The lowest BCUT2D eigenvalue weighted by Crippen LogP contribution is -2.31. The van der Waals surface area contributed by atoms with Gasteiger partial charge in [0.2, 0.25) is 0 Å². The Morgan fingerprint density at radius 1 is 1.38 bits per heavy atom. The highest BCUT2D eigenvalue weighted by Gasteiger charge is 2.55. The molecular weight excluding hydrogens is 262 g/mol. The van der Waals surface area contributed by atoms with Crippen molar-refractivity contribution < 1.29 is 0 Å². The molecule has 110 valence electrons. The monoisotopic (exact) mass is 283 g/mol. The van der Waals surface area contributed by atoms with Gasteiger partial charge < -0.3 is 5.32 Å². The lowest BCUT2D eigenvalue weighted by Gasteiger charge is -2.14. The lowest BCUT2D eigenvalue weighted by atomic mass is 9.92. The number of benzene rings is 1. The minimum absolute atomic E-state index is 0.440. The fourth-order valence-corrected chi connectivity index (χ4v) is 4.20. The Kier molecular flexibility index (Phi) is 3.03. The molecule has 1 heterocycles. The topological polar surface area (TPSA) is 55.6 Å². The zero-order chi connectivity index (χ0) is 14.4. The van der Waals surface area contributed by atoms with Gasteiger partial charge in [0.25, 0.3) is 0 Å². The molecule has 0 radical (unpaired) electrons. The first kappa shape index (κ1) is 13.0. The van der Waals surface area contributed by atoms with Crippen LogP contribution in [0.1, 0.15) is 29.3 Å². The van der Waals surface area contributed by atoms with Gasteiger partial charge in [-0.05, 0) is 54.0 Å². The second-order valence-electron chi connectivity index (χ2n) is 6.30. The van der Waals surface area contributed by atoms with Gasteiger partial charge in [-0.25, -0.2) is 0 Å². The molecule has 21 heavy (non-hydrogen) atoms. The van der Waals surface area contributed by atoms with E-state index in [4.69, 9.17) is 0 Å². The molecule has 5 nitrogen and oxygen atoms in total. The SMILES string of the molecule is CNC(Cc1nnn(C)n1)C1C2CCc3ccccc3C21. The van der Waals surface area contributed by atoms with Gasteiger partial charge in [0.1, 0.15) is 0 Å². The van der Waals surface area contributed by atoms with Crippen molar-refractivity contribution in [1.29, 1.82) is 0 Å². The van der Waals surface area contributed by atoms with Gasteiger partial charge in [-0.2, -0.15) is 4.80 Å². The highest BCUT2D eigenvalue weighted by atomic mass is 15.6. The zero-order valence-electron chi connectivity index (χ0n) is 12.5. The van der Waals surface area contributed by atoms with E-state index < -0.39 is 0 Å². The summed E-state index contributed by atoms with van der Waals surface area (Å²) in [6, 6.07) is 9.39. The van der Waals surface area contributed by atoms with Crippen molar-refractivity contribution in [2.24, 2.45) is 18.9 Å². The molecule has 1 saturated carbocycles. The predicted octanol–water partition coefficient (Wildman–Crippen LogP) is 1.32. The quantitative estimate of drug-likeness (QED) is 0.919. The van der Waals surface area contributed by atoms with E-state index in [9.17, 15) is 0 Å². The van der Waals surface area contributed by atoms with Crippen LogP contribution in [0.2, 0.25) is 0 Å². The van der Waals surface area contributed by atoms with Crippen LogP contribution in [0.3, 0.4) is 0 Å². The summed E-state index contributed by atoms with van der Waals surface area (Å²) < 4.78 is 0. The van der Waals surface area contributed by atoms with E-state index in [2.05, 4.69) is 52.0 Å². The predicted molar refractivity (Wildman–Crippen MR) is 79.8 cm³/mol. The van der Waals surface area contributed by atoms with Crippen molar-refractivity contribution in [2.75, 3.05) is 7.05 Å². The van der Waals surface area contributed by atoms with Crippen molar-refractivity contribution in [3.63, 3.8) is 0 Å². The molecule has 2 aliphatic carbocycles. The van der Waals surface area contributed by atoms with Gasteiger partial charge in [0, 0.05) is 12.5 Å². The summed E-state index contributed by atoms with van der Waals surface area (Å²) in [6.45, 7) is 0. The van der Waals surface area contributed by atoms with Crippen LogP contribution in [0.5, 0.6) is 0 Å². The maximum atomic E-state index is 4.32. The first-order valence-electron chi connectivity index (χ1n) is 7.76. The van der Waals surface area contributed by atoms with Gasteiger partial charge >= 0.3 is 0 Å². The third-order valence-electron chi connectivity index (χ3n) is 5.18. The molecule has 2 aliphatic rings. The van der Waals surface area contributed by atoms with E-state index in [-0.39, 0.29) is 0 Å². The number of rotatable bonds is 4. The van der Waals surface area contributed by atoms with Crippen LogP contribution < -0.4 is 5.32 Å². The van der Waals surface area contributed by atoms with Crippen LogP contribution in [-0.2, 0) is 19.9 Å². The van der Waals surface area contributed by atoms with E-state index in [0.717, 1.165) is 24.1 Å². The van der Waals surface area contributed by atoms with E-state index in [1.54, 1.807) is 11.1 Å². The van der Waals surface area contributed by atoms with Crippen LogP contribution in [0.25, 0.3) is 0 Å². The molecule has 0 amide bonds. The molecule has 0 saturated heterocycles. The fraction of sp³-hybridized carbons (Fsp3) is 0.562. The fourth-order valence-electron chi connectivity index (χ4n) is 4.20. The summed E-state index contributed by atoms with van der Waals surface area (Å²) in [5.41, 5.74) is 3.12. The molecule has 0 bridgehead atoms. The number of hydrogen-bond donors (Lipinski definition) is 1. The maximum absolute atomic E-state index is 4.32. The van der Waals surface area contributed by atoms with E-state index >= 15 is 0 Å². The molecule has 4 unspecified atom stereocenters. The van der Waals surface area contributed by atoms with Gasteiger partial charge in [-0.1, -0.05) is 24.3 Å². The molecule has 0 spiro atoms. The number of nitrogens with one attached hydrogen (secondary N) is 1. The summed E-state index contributed by atoms with van der Waals surface area (Å²) >= 11 is 0. The third kappa shape index (κ3) is 2.16. The minimum Gasteiger partial charge on any atom is -0.316 e. The number of fused-ring (bicyclic) bond motifs is 3. The van der Waals surface area contributed by atoms with Gasteiger partial charge in [0.05, 0.1) is 7.05 Å². The third-order valence-corrected chi connectivity index (χ3v) is 5.18. The second kappa shape index (κ2) is 4.91. The minimum atomic E-state index is 0.440. The summed E-state index contributed by atoms with van der Waals surface area (Å²) in [5.74, 6) is 3.11. The van der Waals surface area contributed by atoms with E-state index in [1.165, 1.54) is 17.6 Å². The molecule has 1 aromatic heterocycles. The van der Waals surface area contributed by atoms with Gasteiger partial charge in [-0.3, -0.25) is 0 Å². The maximum Gasteiger partial charge on any atom is 0.176 e. The van der Waals surface area contributed by atoms with Crippen molar-refractivity contribution in [3.8, 4) is 0 Å². The summed E-state index contributed by atoms with van der Waals surface area (Å²) in [4.78, 5) is 1.54. The standard InChI is InChI=1S/C16H21N5/c1-17-13(9-14-18-20-21(2)19-14)16-12-8-7-10-5-3-4-6-11(10)15(12)16/h3-6,12-13,15-17H,7-9H2,1-2H3. The number of aryl methyl sites for hydroxylation is 2. The van der Waals surface area contributed by atoms with Crippen LogP contribution in [-0.4, -0.2) is 33.3 Å². The Bertz CT molecular complexity index is 650. The van der Waals surface area contributed by atoms with Gasteiger partial charge in [-0.15, -0.1) is 10.2 Å². The molecule has 2 aromatic rings. The number of nitrogens with zero attached hydrogens (tertiary/aromatic N) is 4. The highest BCUT2D eigenvalue weighted by molar-refractivity contribution is 5.40. The largest absolute Gasteiger partial charge is 0.316 e. The van der Waals surface area contributed by atoms with Crippen LogP contribution in [0.4, 0.5) is 0 Å². The Morgan fingerprint density at radius 3 is 3.00 bits per heavy atom. The Morgan fingerprint density at radius 2 is 2.24 bits per heavy atom. The molecule has 1 fully saturated rings. The molecule has 4 rings (SSSR count). The zero-order valence-corrected chi connectivity index (χ0v) is 12.5. The first-order valence-corrected chi connectivity index (χ1v) is 7.76. The van der Waals surface area contributed by atoms with Crippen molar-refractivity contribution >= 4 is 0 Å². The molecule has 5 heteroatoms. The molecule has 1 aromatic carbocycles. The number of hydrogen-bond acceptors (Lipinski definition) is 4. The number of likely N-dealkylation sites (N-methyl/N-ethyl adjacent to an activating group) is 1. The summed E-state index contributed by atoms with van der Waals surface area (Å²) in [5, 5.41) is 15.9.